The van der Waals surface area contributed by atoms with E-state index in [4.69, 9.17) is 4.74 Å². The van der Waals surface area contributed by atoms with Crippen molar-refractivity contribution < 1.29 is 14.6 Å². The van der Waals surface area contributed by atoms with Crippen LogP contribution in [0.2, 0.25) is 0 Å². The molecule has 4 nitrogen and oxygen atoms in total. The monoisotopic (exact) mass is 279 g/mol. The van der Waals surface area contributed by atoms with E-state index in [1.165, 1.54) is 7.11 Å². The standard InChI is InChI=1S/C14H17NO3S/c1-14(2)12(13(17)18-3)15-11(19-14)8-9-6-4-5-7-10(9)16/h4-7,12,16H,8H2,1-3H3/t12-/m0/s1. The molecule has 0 saturated heterocycles. The summed E-state index contributed by atoms with van der Waals surface area (Å²) in [6, 6.07) is 6.68. The Morgan fingerprint density at radius 1 is 1.47 bits per heavy atom. The Morgan fingerprint density at radius 3 is 2.79 bits per heavy atom. The number of phenols is 1. The van der Waals surface area contributed by atoms with Gasteiger partial charge in [-0.15, -0.1) is 11.8 Å². The predicted molar refractivity (Wildman–Crippen MR) is 76.7 cm³/mol. The molecular weight excluding hydrogens is 262 g/mol. The van der Waals surface area contributed by atoms with Gasteiger partial charge in [-0.2, -0.15) is 0 Å². The number of hydrogen-bond acceptors (Lipinski definition) is 5. The minimum atomic E-state index is -0.483. The van der Waals surface area contributed by atoms with Crippen LogP contribution in [-0.2, 0) is 16.0 Å². The first-order valence-electron chi connectivity index (χ1n) is 6.04. The summed E-state index contributed by atoms with van der Waals surface area (Å²) in [4.78, 5) is 16.1. The number of nitrogens with zero attached hydrogens (tertiary/aromatic N) is 1. The smallest absolute Gasteiger partial charge is 0.332 e. The molecule has 1 aliphatic heterocycles. The van der Waals surface area contributed by atoms with Crippen molar-refractivity contribution in [1.82, 2.24) is 0 Å². The van der Waals surface area contributed by atoms with E-state index < -0.39 is 6.04 Å². The van der Waals surface area contributed by atoms with E-state index in [1.807, 2.05) is 26.0 Å². The lowest BCUT2D eigenvalue weighted by Gasteiger charge is -2.21. The Balaban J connectivity index is 2.19. The molecule has 102 valence electrons. The zero-order valence-electron chi connectivity index (χ0n) is 11.2. The van der Waals surface area contributed by atoms with Gasteiger partial charge < -0.3 is 9.84 Å². The summed E-state index contributed by atoms with van der Waals surface area (Å²) >= 11 is 1.56. The van der Waals surface area contributed by atoms with Gasteiger partial charge in [-0.1, -0.05) is 18.2 Å². The molecule has 1 aliphatic rings. The number of carbonyl (C=O) groups excluding carboxylic acids is 1. The first kappa shape index (κ1) is 13.9. The number of aliphatic imine (C=N–C) groups is 1. The molecule has 1 atom stereocenters. The van der Waals surface area contributed by atoms with Gasteiger partial charge in [0, 0.05) is 16.7 Å². The van der Waals surface area contributed by atoms with Crippen LogP contribution in [0.25, 0.3) is 0 Å². The van der Waals surface area contributed by atoms with Crippen molar-refractivity contribution >= 4 is 22.8 Å². The number of phenolic OH excluding ortho intramolecular Hbond substituents is 1. The lowest BCUT2D eigenvalue weighted by atomic mass is 10.0. The molecule has 0 saturated carbocycles. The van der Waals surface area contributed by atoms with E-state index in [1.54, 1.807) is 23.9 Å². The number of ether oxygens (including phenoxy) is 1. The number of rotatable bonds is 3. The maximum Gasteiger partial charge on any atom is 0.332 e. The molecule has 0 aliphatic carbocycles. The summed E-state index contributed by atoms with van der Waals surface area (Å²) < 4.78 is 4.47. The average molecular weight is 279 g/mol. The molecule has 0 amide bonds. The van der Waals surface area contributed by atoms with Crippen LogP contribution in [0.4, 0.5) is 0 Å². The lowest BCUT2D eigenvalue weighted by Crippen LogP contribution is -2.35. The molecule has 0 fully saturated rings. The number of carbonyl (C=O) groups is 1. The Morgan fingerprint density at radius 2 is 2.16 bits per heavy atom. The number of para-hydroxylation sites is 1. The zero-order chi connectivity index (χ0) is 14.0. The average Bonchev–Trinajstić information content (AvgIpc) is 2.66. The molecular formula is C14H17NO3S. The number of thioether (sulfide) groups is 1. The molecule has 0 bridgehead atoms. The molecule has 5 heteroatoms. The van der Waals surface area contributed by atoms with Crippen LogP contribution in [0.1, 0.15) is 19.4 Å². The fourth-order valence-electron chi connectivity index (χ4n) is 2.04. The normalized spacial score (nSPS) is 21.0. The van der Waals surface area contributed by atoms with Crippen LogP contribution in [0.5, 0.6) is 5.75 Å². The van der Waals surface area contributed by atoms with Crippen LogP contribution < -0.4 is 0 Å². The van der Waals surface area contributed by atoms with E-state index in [9.17, 15) is 9.90 Å². The van der Waals surface area contributed by atoms with E-state index in [0.29, 0.717) is 6.42 Å². The number of benzene rings is 1. The predicted octanol–water partition coefficient (Wildman–Crippen LogP) is 2.40. The van der Waals surface area contributed by atoms with E-state index in [-0.39, 0.29) is 16.5 Å². The van der Waals surface area contributed by atoms with E-state index >= 15 is 0 Å². The van der Waals surface area contributed by atoms with Gasteiger partial charge in [0.15, 0.2) is 6.04 Å². The third kappa shape index (κ3) is 2.92. The van der Waals surface area contributed by atoms with Crippen LogP contribution in [0, 0.1) is 0 Å². The van der Waals surface area contributed by atoms with Gasteiger partial charge >= 0.3 is 5.97 Å². The van der Waals surface area contributed by atoms with Crippen LogP contribution in [0.15, 0.2) is 29.3 Å². The van der Waals surface area contributed by atoms with Crippen LogP contribution in [0.3, 0.4) is 0 Å². The Bertz CT molecular complexity index is 525. The molecule has 0 unspecified atom stereocenters. The topological polar surface area (TPSA) is 58.9 Å². The minimum Gasteiger partial charge on any atom is -0.508 e. The van der Waals surface area contributed by atoms with Crippen molar-refractivity contribution in [2.75, 3.05) is 7.11 Å². The summed E-state index contributed by atoms with van der Waals surface area (Å²) in [5.41, 5.74) is 0.815. The molecule has 1 aromatic rings. The summed E-state index contributed by atoms with van der Waals surface area (Å²) in [6.07, 6.45) is 0.536. The maximum absolute atomic E-state index is 11.7. The van der Waals surface area contributed by atoms with Gasteiger partial charge in [0.1, 0.15) is 5.75 Å². The first-order valence-corrected chi connectivity index (χ1v) is 6.86. The van der Waals surface area contributed by atoms with Gasteiger partial charge in [-0.3, -0.25) is 4.99 Å². The van der Waals surface area contributed by atoms with Gasteiger partial charge in [0.25, 0.3) is 0 Å². The molecule has 0 aromatic heterocycles. The third-order valence-corrected chi connectivity index (χ3v) is 4.30. The van der Waals surface area contributed by atoms with Crippen molar-refractivity contribution in [2.45, 2.75) is 31.1 Å². The Kier molecular flexibility index (Phi) is 3.85. The zero-order valence-corrected chi connectivity index (χ0v) is 12.0. The second kappa shape index (κ2) is 5.25. The summed E-state index contributed by atoms with van der Waals surface area (Å²) in [6.45, 7) is 3.95. The maximum atomic E-state index is 11.7. The second-order valence-electron chi connectivity index (χ2n) is 4.96. The van der Waals surface area contributed by atoms with E-state index in [0.717, 1.165) is 10.6 Å². The van der Waals surface area contributed by atoms with Crippen molar-refractivity contribution in [3.8, 4) is 5.75 Å². The molecule has 1 N–H and O–H groups in total. The lowest BCUT2D eigenvalue weighted by molar-refractivity contribution is -0.142. The number of methoxy groups -OCH3 is 1. The fourth-order valence-corrected chi connectivity index (χ4v) is 3.29. The van der Waals surface area contributed by atoms with Crippen LogP contribution >= 0.6 is 11.8 Å². The highest BCUT2D eigenvalue weighted by atomic mass is 32.2. The number of hydrogen-bond donors (Lipinski definition) is 1. The Hall–Kier alpha value is -1.49. The SMILES string of the molecule is COC(=O)[C@@H]1N=C(Cc2ccccc2O)SC1(C)C. The highest BCUT2D eigenvalue weighted by Crippen LogP contribution is 2.39. The molecule has 0 radical (unpaired) electrons. The third-order valence-electron chi connectivity index (χ3n) is 3.07. The Labute approximate surface area is 116 Å². The van der Waals surface area contributed by atoms with Crippen molar-refractivity contribution in [3.63, 3.8) is 0 Å². The molecule has 0 spiro atoms. The van der Waals surface area contributed by atoms with Gasteiger partial charge in [-0.05, 0) is 19.9 Å². The van der Waals surface area contributed by atoms with E-state index in [2.05, 4.69) is 4.99 Å². The highest BCUT2D eigenvalue weighted by molar-refractivity contribution is 8.15. The van der Waals surface area contributed by atoms with Gasteiger partial charge in [0.2, 0.25) is 0 Å². The molecule has 19 heavy (non-hydrogen) atoms. The number of esters is 1. The summed E-state index contributed by atoms with van der Waals surface area (Å²) in [5.74, 6) is -0.0603. The van der Waals surface area contributed by atoms with Gasteiger partial charge in [-0.25, -0.2) is 4.79 Å². The van der Waals surface area contributed by atoms with Crippen molar-refractivity contribution in [2.24, 2.45) is 4.99 Å². The highest BCUT2D eigenvalue weighted by Gasteiger charge is 2.42. The molecule has 2 rings (SSSR count). The largest absolute Gasteiger partial charge is 0.508 e. The quantitative estimate of drug-likeness (QED) is 0.863. The van der Waals surface area contributed by atoms with Crippen LogP contribution in [-0.4, -0.2) is 34.0 Å². The van der Waals surface area contributed by atoms with Crippen molar-refractivity contribution in [1.29, 1.82) is 0 Å². The van der Waals surface area contributed by atoms with Crippen molar-refractivity contribution in [3.05, 3.63) is 29.8 Å². The summed E-state index contributed by atoms with van der Waals surface area (Å²) in [5, 5.41) is 10.6. The second-order valence-corrected chi connectivity index (χ2v) is 6.69. The minimum absolute atomic E-state index is 0.255. The van der Waals surface area contributed by atoms with Gasteiger partial charge in [0.05, 0.1) is 12.2 Å². The number of aromatic hydroxyl groups is 1. The summed E-state index contributed by atoms with van der Waals surface area (Å²) in [7, 11) is 1.37. The first-order chi connectivity index (χ1) is 8.94. The fraction of sp³-hybridized carbons (Fsp3) is 0.429. The molecule has 1 heterocycles. The molecule has 1 aromatic carbocycles.